The Kier molecular flexibility index (Phi) is 5.25. The number of nitrogens with zero attached hydrogens (tertiary/aromatic N) is 2. The van der Waals surface area contributed by atoms with Gasteiger partial charge in [0, 0.05) is 35.9 Å². The van der Waals surface area contributed by atoms with Crippen molar-refractivity contribution in [2.24, 2.45) is 5.92 Å². The lowest BCUT2D eigenvalue weighted by Crippen LogP contribution is -2.44. The van der Waals surface area contributed by atoms with E-state index in [1.54, 1.807) is 0 Å². The van der Waals surface area contributed by atoms with Gasteiger partial charge in [-0.05, 0) is 57.3 Å². The lowest BCUT2D eigenvalue weighted by atomic mass is 9.94. The molecule has 0 bridgehead atoms. The van der Waals surface area contributed by atoms with Gasteiger partial charge in [-0.15, -0.1) is 11.3 Å². The van der Waals surface area contributed by atoms with Crippen LogP contribution in [0.5, 0.6) is 0 Å². The lowest BCUT2D eigenvalue weighted by molar-refractivity contribution is -0.0562. The van der Waals surface area contributed by atoms with Gasteiger partial charge < -0.3 is 14.4 Å². The zero-order valence-electron chi connectivity index (χ0n) is 14.8. The molecule has 0 aromatic carbocycles. The summed E-state index contributed by atoms with van der Waals surface area (Å²) in [6.45, 7) is 11.5. The van der Waals surface area contributed by atoms with Gasteiger partial charge in [0.05, 0.1) is 19.8 Å². The number of ether oxygens (including phenoxy) is 2. The Labute approximate surface area is 149 Å². The molecule has 0 unspecified atom stereocenters. The highest BCUT2D eigenvalue weighted by atomic mass is 32.1. The molecule has 5 heteroatoms. The second-order valence-corrected chi connectivity index (χ2v) is 9.22. The molecule has 4 rings (SSSR count). The minimum Gasteiger partial charge on any atom is -0.377 e. The van der Waals surface area contributed by atoms with E-state index in [2.05, 4.69) is 28.9 Å². The molecule has 0 saturated carbocycles. The summed E-state index contributed by atoms with van der Waals surface area (Å²) in [6, 6.07) is 4.49. The smallest absolute Gasteiger partial charge is 0.104 e. The van der Waals surface area contributed by atoms with Crippen molar-refractivity contribution in [1.82, 2.24) is 9.80 Å². The fourth-order valence-electron chi connectivity index (χ4n) is 4.51. The van der Waals surface area contributed by atoms with Crippen LogP contribution in [0.1, 0.15) is 29.0 Å². The Balaban J connectivity index is 1.36. The molecular formula is C19H30N2O2S. The SMILES string of the molecule is Cc1ccc(CN2CCOC[C@@]3(C[C@@H](CN4CCCC4)CO3)C2)s1. The monoisotopic (exact) mass is 350 g/mol. The van der Waals surface area contributed by atoms with Gasteiger partial charge in [-0.2, -0.15) is 0 Å². The summed E-state index contributed by atoms with van der Waals surface area (Å²) < 4.78 is 12.3. The summed E-state index contributed by atoms with van der Waals surface area (Å²) in [5.74, 6) is 0.677. The number of likely N-dealkylation sites (tertiary alicyclic amines) is 1. The van der Waals surface area contributed by atoms with E-state index in [1.807, 2.05) is 11.3 Å². The predicted octanol–water partition coefficient (Wildman–Crippen LogP) is 2.76. The molecule has 1 spiro atoms. The van der Waals surface area contributed by atoms with Crippen LogP contribution < -0.4 is 0 Å². The molecule has 134 valence electrons. The van der Waals surface area contributed by atoms with Crippen molar-refractivity contribution in [1.29, 1.82) is 0 Å². The molecule has 0 aliphatic carbocycles. The highest BCUT2D eigenvalue weighted by Crippen LogP contribution is 2.34. The zero-order valence-corrected chi connectivity index (χ0v) is 15.7. The van der Waals surface area contributed by atoms with Crippen LogP contribution in [-0.2, 0) is 16.0 Å². The van der Waals surface area contributed by atoms with E-state index in [0.29, 0.717) is 5.92 Å². The molecule has 3 aliphatic heterocycles. The maximum absolute atomic E-state index is 6.37. The van der Waals surface area contributed by atoms with Crippen molar-refractivity contribution < 1.29 is 9.47 Å². The summed E-state index contributed by atoms with van der Waals surface area (Å²) in [6.07, 6.45) is 3.90. The molecule has 4 nitrogen and oxygen atoms in total. The van der Waals surface area contributed by atoms with Crippen LogP contribution in [0.3, 0.4) is 0 Å². The Bertz CT molecular complexity index is 543. The van der Waals surface area contributed by atoms with Gasteiger partial charge in [-0.25, -0.2) is 0 Å². The van der Waals surface area contributed by atoms with E-state index in [1.165, 1.54) is 42.2 Å². The van der Waals surface area contributed by atoms with Gasteiger partial charge in [0.2, 0.25) is 0 Å². The molecule has 3 saturated heterocycles. The molecule has 1 aromatic heterocycles. The molecule has 3 aliphatic rings. The highest BCUT2D eigenvalue weighted by Gasteiger charge is 2.43. The standard InChI is InChI=1S/C19H30N2O2S/c1-16-4-5-18(24-16)12-21-8-9-22-15-19(14-21)10-17(13-23-19)11-20-6-2-3-7-20/h4-5,17H,2-3,6-15H2,1H3/t17-,19+/m0/s1. The number of rotatable bonds is 4. The van der Waals surface area contributed by atoms with Gasteiger partial charge >= 0.3 is 0 Å². The zero-order chi connectivity index (χ0) is 16.4. The summed E-state index contributed by atoms with van der Waals surface area (Å²) in [7, 11) is 0. The van der Waals surface area contributed by atoms with Crippen LogP contribution in [0, 0.1) is 12.8 Å². The molecule has 0 radical (unpaired) electrons. The van der Waals surface area contributed by atoms with E-state index in [9.17, 15) is 0 Å². The molecule has 4 heterocycles. The van der Waals surface area contributed by atoms with Crippen LogP contribution >= 0.6 is 11.3 Å². The van der Waals surface area contributed by atoms with Gasteiger partial charge in [0.15, 0.2) is 0 Å². The van der Waals surface area contributed by atoms with Gasteiger partial charge in [0.25, 0.3) is 0 Å². The average Bonchev–Trinajstić information content (AvgIpc) is 3.25. The minimum absolute atomic E-state index is 0.0762. The van der Waals surface area contributed by atoms with Crippen molar-refractivity contribution >= 4 is 11.3 Å². The second kappa shape index (κ2) is 7.42. The first kappa shape index (κ1) is 17.0. The number of thiophene rings is 1. The number of hydrogen-bond donors (Lipinski definition) is 0. The first-order valence-corrected chi connectivity index (χ1v) is 10.2. The molecule has 0 amide bonds. The van der Waals surface area contributed by atoms with E-state index in [0.717, 1.165) is 45.9 Å². The third-order valence-electron chi connectivity index (χ3n) is 5.61. The minimum atomic E-state index is -0.0762. The average molecular weight is 351 g/mol. The van der Waals surface area contributed by atoms with E-state index >= 15 is 0 Å². The third-order valence-corrected chi connectivity index (χ3v) is 6.59. The largest absolute Gasteiger partial charge is 0.377 e. The molecule has 2 atom stereocenters. The molecule has 24 heavy (non-hydrogen) atoms. The van der Waals surface area contributed by atoms with Gasteiger partial charge in [-0.1, -0.05) is 0 Å². The maximum atomic E-state index is 6.37. The molecule has 3 fully saturated rings. The van der Waals surface area contributed by atoms with Crippen LogP contribution in [0.2, 0.25) is 0 Å². The van der Waals surface area contributed by atoms with E-state index < -0.39 is 0 Å². The van der Waals surface area contributed by atoms with Crippen molar-refractivity contribution in [3.63, 3.8) is 0 Å². The van der Waals surface area contributed by atoms with E-state index in [-0.39, 0.29) is 5.60 Å². The quantitative estimate of drug-likeness (QED) is 0.834. The lowest BCUT2D eigenvalue weighted by Gasteiger charge is -2.31. The molecule has 0 N–H and O–H groups in total. The van der Waals surface area contributed by atoms with E-state index in [4.69, 9.17) is 9.47 Å². The third kappa shape index (κ3) is 4.02. The fourth-order valence-corrected chi connectivity index (χ4v) is 5.44. The van der Waals surface area contributed by atoms with Crippen molar-refractivity contribution in [2.45, 2.75) is 38.3 Å². The fraction of sp³-hybridized carbons (Fsp3) is 0.789. The highest BCUT2D eigenvalue weighted by molar-refractivity contribution is 7.11. The van der Waals surface area contributed by atoms with Crippen LogP contribution in [0.4, 0.5) is 0 Å². The van der Waals surface area contributed by atoms with Crippen LogP contribution in [-0.4, -0.2) is 67.9 Å². The van der Waals surface area contributed by atoms with Gasteiger partial charge in [-0.3, -0.25) is 4.90 Å². The summed E-state index contributed by atoms with van der Waals surface area (Å²) in [5.41, 5.74) is -0.0762. The maximum Gasteiger partial charge on any atom is 0.104 e. The summed E-state index contributed by atoms with van der Waals surface area (Å²) in [5, 5.41) is 0. The first-order valence-electron chi connectivity index (χ1n) is 9.43. The Morgan fingerprint density at radius 3 is 2.88 bits per heavy atom. The van der Waals surface area contributed by atoms with Gasteiger partial charge in [0.1, 0.15) is 5.60 Å². The normalized spacial score (nSPS) is 32.6. The molecule has 1 aromatic rings. The van der Waals surface area contributed by atoms with Crippen molar-refractivity contribution in [3.05, 3.63) is 21.9 Å². The Morgan fingerprint density at radius 2 is 2.08 bits per heavy atom. The molecular weight excluding hydrogens is 320 g/mol. The second-order valence-electron chi connectivity index (χ2n) is 7.85. The Hall–Kier alpha value is -0.460. The summed E-state index contributed by atoms with van der Waals surface area (Å²) >= 11 is 1.91. The van der Waals surface area contributed by atoms with Crippen molar-refractivity contribution in [3.8, 4) is 0 Å². The van der Waals surface area contributed by atoms with Crippen LogP contribution in [0.25, 0.3) is 0 Å². The number of aryl methyl sites for hydroxylation is 1. The first-order chi connectivity index (χ1) is 11.7. The van der Waals surface area contributed by atoms with Crippen molar-refractivity contribution in [2.75, 3.05) is 52.5 Å². The number of hydrogen-bond acceptors (Lipinski definition) is 5. The topological polar surface area (TPSA) is 24.9 Å². The Morgan fingerprint density at radius 1 is 1.21 bits per heavy atom. The van der Waals surface area contributed by atoms with Crippen LogP contribution in [0.15, 0.2) is 12.1 Å². The summed E-state index contributed by atoms with van der Waals surface area (Å²) in [4.78, 5) is 8.01. The predicted molar refractivity (Wildman–Crippen MR) is 97.6 cm³/mol.